The fourth-order valence-electron chi connectivity index (χ4n) is 1.27. The van der Waals surface area contributed by atoms with E-state index in [0.29, 0.717) is 24.0 Å². The van der Waals surface area contributed by atoms with Gasteiger partial charge >= 0.3 is 0 Å². The molecule has 1 aromatic heterocycles. The average Bonchev–Trinajstić information content (AvgIpc) is 2.28. The number of pyridine rings is 1. The van der Waals surface area contributed by atoms with Crippen LogP contribution in [0.5, 0.6) is 0 Å². The number of carbonyl (C=O) groups is 1. The molecule has 0 saturated carbocycles. The van der Waals surface area contributed by atoms with E-state index < -0.39 is 0 Å². The molecule has 94 valence electrons. The van der Waals surface area contributed by atoms with Gasteiger partial charge in [-0.3, -0.25) is 9.78 Å². The van der Waals surface area contributed by atoms with Gasteiger partial charge in [-0.2, -0.15) is 0 Å². The number of hydrogen-bond acceptors (Lipinski definition) is 4. The van der Waals surface area contributed by atoms with Crippen molar-refractivity contribution in [3.05, 3.63) is 24.0 Å². The molecule has 1 aromatic rings. The molecule has 3 N–H and O–H groups in total. The first-order valence-electron chi connectivity index (χ1n) is 5.70. The number of anilines is 1. The van der Waals surface area contributed by atoms with Crippen LogP contribution in [0.15, 0.2) is 18.3 Å². The maximum atomic E-state index is 11.7. The number of rotatable bonds is 5. The van der Waals surface area contributed by atoms with E-state index in [0.717, 1.165) is 6.54 Å². The van der Waals surface area contributed by atoms with Crippen molar-refractivity contribution in [3.8, 4) is 0 Å². The Morgan fingerprint density at radius 2 is 2.29 bits per heavy atom. The van der Waals surface area contributed by atoms with Crippen molar-refractivity contribution in [3.63, 3.8) is 0 Å². The molecule has 0 aliphatic heterocycles. The summed E-state index contributed by atoms with van der Waals surface area (Å²) in [6.07, 6.45) is 1.53. The largest absolute Gasteiger partial charge is 0.399 e. The fourth-order valence-corrected chi connectivity index (χ4v) is 1.27. The van der Waals surface area contributed by atoms with Gasteiger partial charge in [0.25, 0.3) is 5.91 Å². The molecule has 0 aromatic carbocycles. The first kappa shape index (κ1) is 13.4. The Morgan fingerprint density at radius 3 is 2.88 bits per heavy atom. The lowest BCUT2D eigenvalue weighted by Gasteiger charge is -2.20. The minimum atomic E-state index is -0.186. The summed E-state index contributed by atoms with van der Waals surface area (Å²) < 4.78 is 0. The highest BCUT2D eigenvalue weighted by molar-refractivity contribution is 5.92. The van der Waals surface area contributed by atoms with Crippen LogP contribution in [0.2, 0.25) is 0 Å². The van der Waals surface area contributed by atoms with Crippen LogP contribution in [0, 0.1) is 0 Å². The van der Waals surface area contributed by atoms with Gasteiger partial charge in [0.05, 0.1) is 0 Å². The van der Waals surface area contributed by atoms with Gasteiger partial charge in [0.1, 0.15) is 5.69 Å². The molecule has 0 aliphatic carbocycles. The first-order valence-corrected chi connectivity index (χ1v) is 5.70. The van der Waals surface area contributed by atoms with E-state index in [4.69, 9.17) is 5.73 Å². The van der Waals surface area contributed by atoms with Crippen LogP contribution in [0.4, 0.5) is 5.69 Å². The minimum Gasteiger partial charge on any atom is -0.399 e. The zero-order valence-corrected chi connectivity index (χ0v) is 10.6. The normalized spacial score (nSPS) is 10.9. The second-order valence-corrected chi connectivity index (χ2v) is 4.30. The minimum absolute atomic E-state index is 0.186. The number of aromatic nitrogens is 1. The van der Waals surface area contributed by atoms with E-state index >= 15 is 0 Å². The average molecular weight is 236 g/mol. The summed E-state index contributed by atoms with van der Waals surface area (Å²) in [4.78, 5) is 17.8. The number of hydrogen-bond donors (Lipinski definition) is 2. The molecular weight excluding hydrogens is 216 g/mol. The van der Waals surface area contributed by atoms with Gasteiger partial charge in [-0.1, -0.05) is 0 Å². The highest BCUT2D eigenvalue weighted by atomic mass is 16.1. The summed E-state index contributed by atoms with van der Waals surface area (Å²) in [7, 11) is 2.02. The molecule has 0 radical (unpaired) electrons. The summed E-state index contributed by atoms with van der Waals surface area (Å²) >= 11 is 0. The molecule has 0 saturated heterocycles. The smallest absolute Gasteiger partial charge is 0.269 e. The van der Waals surface area contributed by atoms with Crippen molar-refractivity contribution in [2.45, 2.75) is 19.9 Å². The summed E-state index contributed by atoms with van der Waals surface area (Å²) in [6, 6.07) is 3.70. The summed E-state index contributed by atoms with van der Waals surface area (Å²) in [5, 5.41) is 2.81. The van der Waals surface area contributed by atoms with Crippen LogP contribution in [0.1, 0.15) is 24.3 Å². The summed E-state index contributed by atoms with van der Waals surface area (Å²) in [5.41, 5.74) is 6.49. The molecule has 1 heterocycles. The zero-order valence-electron chi connectivity index (χ0n) is 10.6. The third kappa shape index (κ3) is 4.40. The third-order valence-electron chi connectivity index (χ3n) is 2.65. The van der Waals surface area contributed by atoms with Crippen LogP contribution in [-0.2, 0) is 0 Å². The molecular formula is C12H20N4O. The van der Waals surface area contributed by atoms with Crippen molar-refractivity contribution >= 4 is 11.6 Å². The number of carbonyl (C=O) groups excluding carboxylic acids is 1. The van der Waals surface area contributed by atoms with Gasteiger partial charge < -0.3 is 16.0 Å². The lowest BCUT2D eigenvalue weighted by atomic mass is 10.3. The van der Waals surface area contributed by atoms with Crippen molar-refractivity contribution in [1.29, 1.82) is 0 Å². The van der Waals surface area contributed by atoms with Gasteiger partial charge in [0.15, 0.2) is 0 Å². The first-order chi connectivity index (χ1) is 8.00. The maximum Gasteiger partial charge on any atom is 0.269 e. The van der Waals surface area contributed by atoms with E-state index in [2.05, 4.69) is 29.0 Å². The van der Waals surface area contributed by atoms with Crippen LogP contribution < -0.4 is 11.1 Å². The Labute approximate surface area is 102 Å². The van der Waals surface area contributed by atoms with Gasteiger partial charge in [-0.25, -0.2) is 0 Å². The quantitative estimate of drug-likeness (QED) is 0.790. The van der Waals surface area contributed by atoms with Gasteiger partial charge in [0, 0.05) is 31.0 Å². The standard InChI is InChI=1S/C12H20N4O/c1-9(2)16(3)7-6-15-12(17)11-8-10(13)4-5-14-11/h4-5,8-9H,6-7H2,1-3H3,(H2,13,14)(H,15,17). The third-order valence-corrected chi connectivity index (χ3v) is 2.65. The molecule has 1 rings (SSSR count). The van der Waals surface area contributed by atoms with Crippen molar-refractivity contribution in [1.82, 2.24) is 15.2 Å². The number of nitrogens with two attached hydrogens (primary N) is 1. The Balaban J connectivity index is 2.40. The van der Waals surface area contributed by atoms with Crippen LogP contribution in [-0.4, -0.2) is 42.0 Å². The Bertz CT molecular complexity index is 379. The molecule has 17 heavy (non-hydrogen) atoms. The Morgan fingerprint density at radius 1 is 1.59 bits per heavy atom. The topological polar surface area (TPSA) is 71.2 Å². The van der Waals surface area contributed by atoms with Crippen LogP contribution in [0.3, 0.4) is 0 Å². The van der Waals surface area contributed by atoms with E-state index in [1.165, 1.54) is 6.20 Å². The predicted octanol–water partition coefficient (Wildman–Crippen LogP) is 0.734. The van der Waals surface area contributed by atoms with Gasteiger partial charge in [0.2, 0.25) is 0 Å². The molecule has 0 bridgehead atoms. The van der Waals surface area contributed by atoms with Gasteiger partial charge in [-0.05, 0) is 33.0 Å². The maximum absolute atomic E-state index is 11.7. The highest BCUT2D eigenvalue weighted by Gasteiger charge is 2.08. The summed E-state index contributed by atoms with van der Waals surface area (Å²) in [5.74, 6) is -0.186. The van der Waals surface area contributed by atoms with E-state index in [1.54, 1.807) is 12.1 Å². The molecule has 5 heteroatoms. The lowest BCUT2D eigenvalue weighted by molar-refractivity contribution is 0.0943. The number of nitrogens with zero attached hydrogens (tertiary/aromatic N) is 2. The number of nitrogen functional groups attached to an aromatic ring is 1. The summed E-state index contributed by atoms with van der Waals surface area (Å²) in [6.45, 7) is 5.64. The van der Waals surface area contributed by atoms with E-state index in [-0.39, 0.29) is 5.91 Å². The second kappa shape index (κ2) is 6.20. The Kier molecular flexibility index (Phi) is 4.90. The molecule has 1 amide bonds. The van der Waals surface area contributed by atoms with Crippen molar-refractivity contribution in [2.24, 2.45) is 0 Å². The second-order valence-electron chi connectivity index (χ2n) is 4.30. The zero-order chi connectivity index (χ0) is 12.8. The Hall–Kier alpha value is -1.62. The molecule has 0 spiro atoms. The predicted molar refractivity (Wildman–Crippen MR) is 68.7 cm³/mol. The number of nitrogens with one attached hydrogen (secondary N) is 1. The van der Waals surface area contributed by atoms with Crippen LogP contribution >= 0.6 is 0 Å². The van der Waals surface area contributed by atoms with E-state index in [1.807, 2.05) is 7.05 Å². The molecule has 0 unspecified atom stereocenters. The number of amides is 1. The van der Waals surface area contributed by atoms with Crippen LogP contribution in [0.25, 0.3) is 0 Å². The lowest BCUT2D eigenvalue weighted by Crippen LogP contribution is -2.36. The monoisotopic (exact) mass is 236 g/mol. The van der Waals surface area contributed by atoms with Crippen molar-refractivity contribution < 1.29 is 4.79 Å². The SMILES string of the molecule is CC(C)N(C)CCNC(=O)c1cc(N)ccn1. The van der Waals surface area contributed by atoms with Crippen molar-refractivity contribution in [2.75, 3.05) is 25.9 Å². The highest BCUT2D eigenvalue weighted by Crippen LogP contribution is 2.02. The molecule has 0 fully saturated rings. The van der Waals surface area contributed by atoms with E-state index in [9.17, 15) is 4.79 Å². The molecule has 5 nitrogen and oxygen atoms in total. The fraction of sp³-hybridized carbons (Fsp3) is 0.500. The molecule has 0 aliphatic rings. The molecule has 0 atom stereocenters. The van der Waals surface area contributed by atoms with Gasteiger partial charge in [-0.15, -0.1) is 0 Å². The number of likely N-dealkylation sites (N-methyl/N-ethyl adjacent to an activating group) is 1.